The van der Waals surface area contributed by atoms with Crippen LogP contribution in [0.2, 0.25) is 0 Å². The van der Waals surface area contributed by atoms with Crippen LogP contribution in [0, 0.1) is 0 Å². The number of hydrogen-bond donors (Lipinski definition) is 4. The number of anilines is 2. The van der Waals surface area contributed by atoms with Gasteiger partial charge in [0.25, 0.3) is 15.6 Å². The Morgan fingerprint density at radius 2 is 1.85 bits per heavy atom. The highest BCUT2D eigenvalue weighted by Crippen LogP contribution is 2.22. The van der Waals surface area contributed by atoms with E-state index in [2.05, 4.69) is 24.9 Å². The molecule has 2 heterocycles. The van der Waals surface area contributed by atoms with Gasteiger partial charge in [-0.15, -0.1) is 16.5 Å². The lowest BCUT2D eigenvalue weighted by molar-refractivity contribution is 0.601. The summed E-state index contributed by atoms with van der Waals surface area (Å²) >= 11 is 1.15. The number of thiazole rings is 1. The lowest BCUT2D eigenvalue weighted by Gasteiger charge is -2.04. The van der Waals surface area contributed by atoms with Crippen molar-refractivity contribution < 1.29 is 8.42 Å². The average Bonchev–Trinajstić information content (AvgIpc) is 3.06. The third kappa shape index (κ3) is 3.84. The lowest BCUT2D eigenvalue weighted by Crippen LogP contribution is -2.23. The van der Waals surface area contributed by atoms with Gasteiger partial charge in [-0.05, 0) is 24.3 Å². The maximum absolute atomic E-state index is 12.2. The second-order valence-electron chi connectivity index (χ2n) is 4.81. The van der Waals surface area contributed by atoms with Crippen LogP contribution in [0.1, 0.15) is 0 Å². The molecule has 0 atom stereocenters. The monoisotopic (exact) mass is 393 g/mol. The van der Waals surface area contributed by atoms with Gasteiger partial charge in [-0.2, -0.15) is 5.11 Å². The number of hydrogen-bond acceptors (Lipinski definition) is 9. The van der Waals surface area contributed by atoms with Gasteiger partial charge in [0.2, 0.25) is 0 Å². The third-order valence-corrected chi connectivity index (χ3v) is 5.18. The van der Waals surface area contributed by atoms with Crippen LogP contribution in [0.3, 0.4) is 0 Å². The number of H-pyrrole nitrogens is 2. The summed E-state index contributed by atoms with van der Waals surface area (Å²) in [6.07, 6.45) is 1.48. The van der Waals surface area contributed by atoms with Crippen molar-refractivity contribution in [2.45, 2.75) is 4.90 Å². The maximum atomic E-state index is 12.2. The zero-order chi connectivity index (χ0) is 18.7. The summed E-state index contributed by atoms with van der Waals surface area (Å²) < 4.78 is 26.8. The number of nitrogens with one attached hydrogen (secondary N) is 3. The molecule has 3 aromatic rings. The van der Waals surface area contributed by atoms with Crippen LogP contribution in [0.4, 0.5) is 22.3 Å². The number of azo groups is 1. The molecule has 2 aromatic heterocycles. The minimum atomic E-state index is -3.77. The summed E-state index contributed by atoms with van der Waals surface area (Å²) in [5.41, 5.74) is 3.99. The van der Waals surface area contributed by atoms with Gasteiger partial charge in [-0.1, -0.05) is 0 Å². The number of rotatable bonds is 5. The molecule has 13 heteroatoms. The molecule has 1 aromatic carbocycles. The standard InChI is InChI=1S/C13H11N7O4S2/c14-10-9(11(21)17-12(22)16-10)19-18-7-1-3-8(4-2-7)26(23,24)20-13-15-5-6-25-13/h1-6H,(H,15,20)(H4,14,16,17,21,22). The first-order valence-electron chi connectivity index (χ1n) is 6.91. The molecule has 0 spiro atoms. The number of nitrogens with two attached hydrogens (primary N) is 1. The van der Waals surface area contributed by atoms with E-state index < -0.39 is 21.3 Å². The van der Waals surface area contributed by atoms with Crippen molar-refractivity contribution in [3.05, 3.63) is 56.7 Å². The van der Waals surface area contributed by atoms with Crippen molar-refractivity contribution in [1.82, 2.24) is 15.0 Å². The van der Waals surface area contributed by atoms with E-state index in [1.807, 2.05) is 4.98 Å². The van der Waals surface area contributed by atoms with Gasteiger partial charge in [0, 0.05) is 11.6 Å². The smallest absolute Gasteiger partial charge is 0.327 e. The zero-order valence-corrected chi connectivity index (χ0v) is 14.5. The predicted molar refractivity (Wildman–Crippen MR) is 95.6 cm³/mol. The van der Waals surface area contributed by atoms with Gasteiger partial charge in [0.15, 0.2) is 10.8 Å². The first kappa shape index (κ1) is 17.5. The molecule has 0 fully saturated rings. The Bertz CT molecular complexity index is 1160. The molecule has 0 unspecified atom stereocenters. The third-order valence-electron chi connectivity index (χ3n) is 3.01. The number of nitrogen functional groups attached to an aromatic ring is 1. The van der Waals surface area contributed by atoms with Crippen molar-refractivity contribution in [3.63, 3.8) is 0 Å². The molecule has 0 aliphatic carbocycles. The summed E-state index contributed by atoms with van der Waals surface area (Å²) in [5.74, 6) is -0.227. The molecule has 0 bridgehead atoms. The van der Waals surface area contributed by atoms with Crippen LogP contribution in [0.5, 0.6) is 0 Å². The predicted octanol–water partition coefficient (Wildman–Crippen LogP) is 1.32. The zero-order valence-electron chi connectivity index (χ0n) is 12.8. The average molecular weight is 393 g/mol. The van der Waals surface area contributed by atoms with Crippen LogP contribution in [0.15, 0.2) is 60.6 Å². The molecule has 0 saturated carbocycles. The molecule has 26 heavy (non-hydrogen) atoms. The van der Waals surface area contributed by atoms with Gasteiger partial charge >= 0.3 is 5.69 Å². The summed E-state index contributed by atoms with van der Waals surface area (Å²) in [6, 6.07) is 5.45. The SMILES string of the molecule is Nc1[nH]c(=O)[nH]c(=O)c1N=Nc1ccc(S(=O)(=O)Nc2nccs2)cc1. The van der Waals surface area contributed by atoms with Crippen LogP contribution < -0.4 is 21.7 Å². The van der Waals surface area contributed by atoms with Crippen LogP contribution in [-0.4, -0.2) is 23.4 Å². The molecule has 11 nitrogen and oxygen atoms in total. The van der Waals surface area contributed by atoms with Crippen LogP contribution in [-0.2, 0) is 10.0 Å². The Balaban J connectivity index is 1.82. The molecule has 5 N–H and O–H groups in total. The highest BCUT2D eigenvalue weighted by atomic mass is 32.2. The van der Waals surface area contributed by atoms with Crippen LogP contribution >= 0.6 is 11.3 Å². The minimum absolute atomic E-state index is 0.00746. The van der Waals surface area contributed by atoms with Crippen molar-refractivity contribution in [2.24, 2.45) is 10.2 Å². The Morgan fingerprint density at radius 3 is 2.46 bits per heavy atom. The molecule has 134 valence electrons. The molecule has 0 amide bonds. The quantitative estimate of drug-likeness (QED) is 0.475. The van der Waals surface area contributed by atoms with Gasteiger partial charge in [-0.3, -0.25) is 19.5 Å². The molecular formula is C13H11N7O4S2. The molecule has 3 rings (SSSR count). The molecule has 0 aliphatic heterocycles. The van der Waals surface area contributed by atoms with E-state index in [0.29, 0.717) is 0 Å². The second kappa shape index (κ2) is 6.89. The summed E-state index contributed by atoms with van der Waals surface area (Å²) in [5, 5.41) is 9.38. The number of aromatic amines is 2. The fourth-order valence-corrected chi connectivity index (χ4v) is 3.63. The number of sulfonamides is 1. The van der Waals surface area contributed by atoms with E-state index in [4.69, 9.17) is 5.73 Å². The lowest BCUT2D eigenvalue weighted by atomic mass is 10.3. The van der Waals surface area contributed by atoms with E-state index >= 15 is 0 Å². The first-order chi connectivity index (χ1) is 12.3. The Labute approximate surface area is 149 Å². The summed E-state index contributed by atoms with van der Waals surface area (Å²) in [6.45, 7) is 0. The van der Waals surface area contributed by atoms with Gasteiger partial charge < -0.3 is 5.73 Å². The topological polar surface area (TPSA) is 176 Å². The van der Waals surface area contributed by atoms with Gasteiger partial charge in [-0.25, -0.2) is 18.2 Å². The van der Waals surface area contributed by atoms with Crippen molar-refractivity contribution in [3.8, 4) is 0 Å². The van der Waals surface area contributed by atoms with Gasteiger partial charge in [0.1, 0.15) is 5.82 Å². The highest BCUT2D eigenvalue weighted by molar-refractivity contribution is 7.93. The number of benzene rings is 1. The Kier molecular flexibility index (Phi) is 4.64. The minimum Gasteiger partial charge on any atom is -0.383 e. The summed E-state index contributed by atoms with van der Waals surface area (Å²) in [7, 11) is -3.77. The number of nitrogens with zero attached hydrogens (tertiary/aromatic N) is 3. The molecule has 0 aliphatic rings. The van der Waals surface area contributed by atoms with Crippen LogP contribution in [0.25, 0.3) is 0 Å². The second-order valence-corrected chi connectivity index (χ2v) is 7.38. The van der Waals surface area contributed by atoms with Crippen molar-refractivity contribution in [1.29, 1.82) is 0 Å². The van der Waals surface area contributed by atoms with Gasteiger partial charge in [0.05, 0.1) is 10.6 Å². The van der Waals surface area contributed by atoms with E-state index in [1.165, 1.54) is 30.5 Å². The Morgan fingerprint density at radius 1 is 1.12 bits per heavy atom. The van der Waals surface area contributed by atoms with E-state index in [0.717, 1.165) is 11.3 Å². The fraction of sp³-hybridized carbons (Fsp3) is 0. The normalized spacial score (nSPS) is 11.7. The Hall–Kier alpha value is -3.32. The van der Waals surface area contributed by atoms with Crippen molar-refractivity contribution >= 4 is 43.7 Å². The van der Waals surface area contributed by atoms with Crippen molar-refractivity contribution in [2.75, 3.05) is 10.5 Å². The maximum Gasteiger partial charge on any atom is 0.327 e. The van der Waals surface area contributed by atoms with E-state index in [-0.39, 0.29) is 27.2 Å². The first-order valence-corrected chi connectivity index (χ1v) is 9.27. The van der Waals surface area contributed by atoms with E-state index in [9.17, 15) is 18.0 Å². The molecule has 0 radical (unpaired) electrons. The van der Waals surface area contributed by atoms with E-state index in [1.54, 1.807) is 5.38 Å². The molecule has 0 saturated heterocycles. The highest BCUT2D eigenvalue weighted by Gasteiger charge is 2.15. The fourth-order valence-electron chi connectivity index (χ4n) is 1.84. The number of aromatic nitrogens is 3. The molecular weight excluding hydrogens is 382 g/mol. The largest absolute Gasteiger partial charge is 0.383 e. The summed E-state index contributed by atoms with van der Waals surface area (Å²) in [4.78, 5) is 30.7.